The number of ether oxygens (including phenoxy) is 1. The molecule has 0 saturated carbocycles. The molecular formula is C23H30N4O4S. The van der Waals surface area contributed by atoms with Crippen molar-refractivity contribution in [3.63, 3.8) is 0 Å². The van der Waals surface area contributed by atoms with Crippen molar-refractivity contribution in [2.45, 2.75) is 58.2 Å². The van der Waals surface area contributed by atoms with E-state index in [1.54, 1.807) is 11.0 Å². The van der Waals surface area contributed by atoms with Gasteiger partial charge in [-0.25, -0.2) is 4.79 Å². The maximum Gasteiger partial charge on any atom is 0.410 e. The van der Waals surface area contributed by atoms with E-state index in [2.05, 4.69) is 16.0 Å². The molecule has 3 N–H and O–H groups in total. The fourth-order valence-electron chi connectivity index (χ4n) is 4.03. The van der Waals surface area contributed by atoms with Gasteiger partial charge < -0.3 is 25.6 Å². The molecule has 0 bridgehead atoms. The highest BCUT2D eigenvalue weighted by molar-refractivity contribution is 7.21. The SMILES string of the molecule is CC1CNc2c(sc3ccc(C(=O)NC4CCCN(C(=O)OC(C)(C)C)C4)cc23)C(=O)N1. The van der Waals surface area contributed by atoms with E-state index in [9.17, 15) is 14.4 Å². The molecule has 1 fully saturated rings. The van der Waals surface area contributed by atoms with Crippen LogP contribution in [0.25, 0.3) is 10.1 Å². The van der Waals surface area contributed by atoms with Crippen LogP contribution in [0.4, 0.5) is 10.5 Å². The Kier molecular flexibility index (Phi) is 6.03. The molecule has 172 valence electrons. The topological polar surface area (TPSA) is 99.8 Å². The van der Waals surface area contributed by atoms with Crippen LogP contribution in [0.2, 0.25) is 0 Å². The van der Waals surface area contributed by atoms with Gasteiger partial charge in [0.25, 0.3) is 11.8 Å². The van der Waals surface area contributed by atoms with Crippen molar-refractivity contribution in [2.75, 3.05) is 25.0 Å². The minimum Gasteiger partial charge on any atom is -0.444 e. The number of hydrogen-bond acceptors (Lipinski definition) is 6. The molecular weight excluding hydrogens is 428 g/mol. The lowest BCUT2D eigenvalue weighted by Crippen LogP contribution is -2.50. The van der Waals surface area contributed by atoms with Gasteiger partial charge >= 0.3 is 6.09 Å². The fraction of sp³-hybridized carbons (Fsp3) is 0.522. The number of hydrogen-bond donors (Lipinski definition) is 3. The standard InChI is InChI=1S/C23H30N4O4S/c1-13-11-24-18-16-10-14(7-8-17(16)32-19(18)21(29)25-13)20(28)26-15-6-5-9-27(12-15)22(30)31-23(2,3)4/h7-8,10,13,15,24H,5-6,9,11-12H2,1-4H3,(H,25,29)(H,26,28). The maximum atomic E-state index is 13.0. The van der Waals surface area contributed by atoms with Gasteiger partial charge in [0.1, 0.15) is 10.5 Å². The Morgan fingerprint density at radius 2 is 2.06 bits per heavy atom. The third kappa shape index (κ3) is 4.82. The Hall–Kier alpha value is -2.81. The number of rotatable bonds is 2. The third-order valence-corrected chi connectivity index (χ3v) is 6.70. The fourth-order valence-corrected chi connectivity index (χ4v) is 5.09. The van der Waals surface area contributed by atoms with E-state index in [0.717, 1.165) is 28.6 Å². The number of carbonyl (C=O) groups is 3. The predicted molar refractivity (Wildman–Crippen MR) is 126 cm³/mol. The molecule has 9 heteroatoms. The number of benzene rings is 1. The molecule has 8 nitrogen and oxygen atoms in total. The first kappa shape index (κ1) is 22.4. The summed E-state index contributed by atoms with van der Waals surface area (Å²) in [6.07, 6.45) is 1.26. The molecule has 2 aliphatic heterocycles. The van der Waals surface area contributed by atoms with Crippen LogP contribution in [0, 0.1) is 0 Å². The summed E-state index contributed by atoms with van der Waals surface area (Å²) in [5.74, 6) is -0.275. The van der Waals surface area contributed by atoms with Gasteiger partial charge in [0.2, 0.25) is 0 Å². The maximum absolute atomic E-state index is 13.0. The Morgan fingerprint density at radius 1 is 1.28 bits per heavy atom. The number of amides is 3. The van der Waals surface area contributed by atoms with Gasteiger partial charge in [0.15, 0.2) is 0 Å². The molecule has 0 radical (unpaired) electrons. The summed E-state index contributed by atoms with van der Waals surface area (Å²) in [4.78, 5) is 40.2. The summed E-state index contributed by atoms with van der Waals surface area (Å²) in [6.45, 7) is 9.16. The molecule has 4 rings (SSSR count). The lowest BCUT2D eigenvalue weighted by atomic mass is 10.0. The molecule has 0 aliphatic carbocycles. The Bertz CT molecular complexity index is 1060. The number of nitrogens with zero attached hydrogens (tertiary/aromatic N) is 1. The van der Waals surface area contributed by atoms with Crippen LogP contribution in [-0.4, -0.2) is 60.1 Å². The van der Waals surface area contributed by atoms with Crippen LogP contribution in [0.5, 0.6) is 0 Å². The highest BCUT2D eigenvalue weighted by Crippen LogP contribution is 2.37. The largest absolute Gasteiger partial charge is 0.444 e. The quantitative estimate of drug-likeness (QED) is 0.639. The number of thiophene rings is 1. The van der Waals surface area contributed by atoms with Gasteiger partial charge in [0, 0.05) is 47.4 Å². The van der Waals surface area contributed by atoms with Crippen LogP contribution in [0.1, 0.15) is 60.6 Å². The van der Waals surface area contributed by atoms with Crippen molar-refractivity contribution in [2.24, 2.45) is 0 Å². The van der Waals surface area contributed by atoms with Crippen molar-refractivity contribution < 1.29 is 19.1 Å². The number of piperidine rings is 1. The van der Waals surface area contributed by atoms with E-state index < -0.39 is 5.60 Å². The smallest absolute Gasteiger partial charge is 0.410 e. The Morgan fingerprint density at radius 3 is 2.81 bits per heavy atom. The van der Waals surface area contributed by atoms with Crippen molar-refractivity contribution in [3.8, 4) is 0 Å². The molecule has 2 unspecified atom stereocenters. The summed E-state index contributed by atoms with van der Waals surface area (Å²) >= 11 is 1.42. The zero-order chi connectivity index (χ0) is 23.0. The first-order valence-electron chi connectivity index (χ1n) is 11.0. The molecule has 32 heavy (non-hydrogen) atoms. The van der Waals surface area contributed by atoms with Gasteiger partial charge in [-0.3, -0.25) is 9.59 Å². The summed E-state index contributed by atoms with van der Waals surface area (Å²) in [5, 5.41) is 10.3. The Balaban J connectivity index is 1.48. The second-order valence-corrected chi connectivity index (χ2v) is 10.6. The zero-order valence-electron chi connectivity index (χ0n) is 18.9. The van der Waals surface area contributed by atoms with E-state index >= 15 is 0 Å². The molecule has 1 aromatic heterocycles. The molecule has 2 aromatic rings. The van der Waals surface area contributed by atoms with Crippen LogP contribution in [0.3, 0.4) is 0 Å². The first-order chi connectivity index (χ1) is 15.1. The number of anilines is 1. The molecule has 2 atom stereocenters. The lowest BCUT2D eigenvalue weighted by molar-refractivity contribution is 0.0185. The minimum atomic E-state index is -0.552. The zero-order valence-corrected chi connectivity index (χ0v) is 19.7. The lowest BCUT2D eigenvalue weighted by Gasteiger charge is -2.34. The van der Waals surface area contributed by atoms with Gasteiger partial charge in [-0.2, -0.15) is 0 Å². The van der Waals surface area contributed by atoms with Crippen LogP contribution in [-0.2, 0) is 4.74 Å². The highest BCUT2D eigenvalue weighted by Gasteiger charge is 2.29. The summed E-state index contributed by atoms with van der Waals surface area (Å²) in [6, 6.07) is 5.40. The average Bonchev–Trinajstić information content (AvgIpc) is 3.02. The first-order valence-corrected chi connectivity index (χ1v) is 11.8. The van der Waals surface area contributed by atoms with Gasteiger partial charge in [-0.1, -0.05) is 0 Å². The van der Waals surface area contributed by atoms with Crippen molar-refractivity contribution in [1.82, 2.24) is 15.5 Å². The minimum absolute atomic E-state index is 0.0304. The van der Waals surface area contributed by atoms with Gasteiger partial charge in [0.05, 0.1) is 5.69 Å². The van der Waals surface area contributed by atoms with Crippen molar-refractivity contribution in [1.29, 1.82) is 0 Å². The van der Waals surface area contributed by atoms with E-state index in [0.29, 0.717) is 30.1 Å². The van der Waals surface area contributed by atoms with Crippen LogP contribution < -0.4 is 16.0 Å². The van der Waals surface area contributed by atoms with Gasteiger partial charge in [-0.05, 0) is 58.7 Å². The number of likely N-dealkylation sites (tertiary alicyclic amines) is 1. The van der Waals surface area contributed by atoms with E-state index in [4.69, 9.17) is 4.74 Å². The molecule has 1 aromatic carbocycles. The number of nitrogens with one attached hydrogen (secondary N) is 3. The van der Waals surface area contributed by atoms with Crippen LogP contribution in [0.15, 0.2) is 18.2 Å². The second-order valence-electron chi connectivity index (χ2n) is 9.51. The molecule has 3 amide bonds. The van der Waals surface area contributed by atoms with E-state index in [-0.39, 0.29) is 30.0 Å². The van der Waals surface area contributed by atoms with Gasteiger partial charge in [-0.15, -0.1) is 11.3 Å². The van der Waals surface area contributed by atoms with E-state index in [1.165, 1.54) is 11.3 Å². The summed E-state index contributed by atoms with van der Waals surface area (Å²) in [7, 11) is 0. The number of fused-ring (bicyclic) bond motifs is 3. The molecule has 1 saturated heterocycles. The summed E-state index contributed by atoms with van der Waals surface area (Å²) in [5.41, 5.74) is 0.770. The second kappa shape index (κ2) is 8.61. The van der Waals surface area contributed by atoms with E-state index in [1.807, 2.05) is 39.8 Å². The van der Waals surface area contributed by atoms with Crippen molar-refractivity contribution in [3.05, 3.63) is 28.6 Å². The predicted octanol–water partition coefficient (Wildman–Crippen LogP) is 3.57. The van der Waals surface area contributed by atoms with Crippen molar-refractivity contribution >= 4 is 45.0 Å². The summed E-state index contributed by atoms with van der Waals surface area (Å²) < 4.78 is 6.43. The molecule has 2 aliphatic rings. The van der Waals surface area contributed by atoms with Crippen LogP contribution >= 0.6 is 11.3 Å². The highest BCUT2D eigenvalue weighted by atomic mass is 32.1. The Labute approximate surface area is 191 Å². The third-order valence-electron chi connectivity index (χ3n) is 5.53. The number of carbonyl (C=O) groups excluding carboxylic acids is 3. The molecule has 0 spiro atoms. The normalized spacial score (nSPS) is 21.2. The average molecular weight is 459 g/mol. The monoisotopic (exact) mass is 458 g/mol. The molecule has 3 heterocycles.